The number of nitrogens with zero attached hydrogens (tertiary/aromatic N) is 2. The summed E-state index contributed by atoms with van der Waals surface area (Å²) >= 11 is 6.21. The first-order valence-corrected chi connectivity index (χ1v) is 11.0. The molecule has 2 heterocycles. The number of halogens is 1. The van der Waals surface area contributed by atoms with Crippen molar-refractivity contribution < 1.29 is 9.59 Å². The Morgan fingerprint density at radius 1 is 1.20 bits per heavy atom. The Bertz CT molecular complexity index is 1360. The van der Waals surface area contributed by atoms with Crippen molar-refractivity contribution in [2.75, 3.05) is 18.4 Å². The molecule has 1 aromatic heterocycles. The second-order valence-electron chi connectivity index (χ2n) is 7.60. The fraction of sp³-hybridized carbons (Fsp3) is 0.167. The number of fused-ring (bicyclic) bond motifs is 1. The summed E-state index contributed by atoms with van der Waals surface area (Å²) in [5.41, 5.74) is 18.1. The largest absolute Gasteiger partial charge is 0.390 e. The van der Waals surface area contributed by atoms with Crippen LogP contribution in [0.2, 0.25) is 5.02 Å². The number of hydrogen-bond acceptors (Lipinski definition) is 7. The number of rotatable bonds is 8. The van der Waals surface area contributed by atoms with Crippen LogP contribution in [-0.2, 0) is 16.6 Å². The van der Waals surface area contributed by atoms with Crippen LogP contribution in [0.15, 0.2) is 59.2 Å². The van der Waals surface area contributed by atoms with E-state index in [1.54, 1.807) is 30.5 Å². The normalized spacial score (nSPS) is 13.2. The molecule has 0 radical (unpaired) electrons. The van der Waals surface area contributed by atoms with Gasteiger partial charge in [0.2, 0.25) is 0 Å². The van der Waals surface area contributed by atoms with Gasteiger partial charge in [0, 0.05) is 59.1 Å². The summed E-state index contributed by atoms with van der Waals surface area (Å²) in [6, 6.07) is 12.6. The molecule has 2 amide bonds. The van der Waals surface area contributed by atoms with E-state index in [9.17, 15) is 9.59 Å². The number of aromatic nitrogens is 1. The van der Waals surface area contributed by atoms with Gasteiger partial charge in [-0.2, -0.15) is 0 Å². The average molecular weight is 493 g/mol. The lowest BCUT2D eigenvalue weighted by Crippen LogP contribution is -2.25. The minimum atomic E-state index is -0.592. The molecule has 0 saturated carbocycles. The summed E-state index contributed by atoms with van der Waals surface area (Å²) < 4.78 is 1.87. The molecule has 0 fully saturated rings. The maximum atomic E-state index is 12.9. The summed E-state index contributed by atoms with van der Waals surface area (Å²) in [7, 11) is 1.86. The van der Waals surface area contributed by atoms with Crippen molar-refractivity contribution in [3.63, 3.8) is 0 Å². The van der Waals surface area contributed by atoms with Crippen LogP contribution >= 0.6 is 11.6 Å². The first kappa shape index (κ1) is 25.3. The quantitative estimate of drug-likeness (QED) is 0.0925. The van der Waals surface area contributed by atoms with E-state index in [0.29, 0.717) is 34.9 Å². The van der Waals surface area contributed by atoms with Crippen LogP contribution in [-0.4, -0.2) is 41.5 Å². The molecule has 10 nitrogen and oxygen atoms in total. The highest BCUT2D eigenvalue weighted by molar-refractivity contribution is 6.48. The molecular formula is C24H25ClN8O2. The molecule has 0 bridgehead atoms. The minimum Gasteiger partial charge on any atom is -0.390 e. The number of aliphatic imine (C=N–C) groups is 1. The van der Waals surface area contributed by atoms with Crippen LogP contribution in [0.1, 0.15) is 17.5 Å². The van der Waals surface area contributed by atoms with Gasteiger partial charge in [0.15, 0.2) is 0 Å². The van der Waals surface area contributed by atoms with E-state index in [-0.39, 0.29) is 16.9 Å². The number of amides is 2. The van der Waals surface area contributed by atoms with Gasteiger partial charge in [0.25, 0.3) is 11.8 Å². The van der Waals surface area contributed by atoms with Crippen LogP contribution in [0.4, 0.5) is 5.69 Å². The SMILES string of the molecule is Cn1cc(C2=C(C(=N)c3ccccc3NCCCN=CN)C(=O)NC2=O)c2cc(Cl)ccc21.N=N. The van der Waals surface area contributed by atoms with Crippen molar-refractivity contribution in [3.8, 4) is 0 Å². The van der Waals surface area contributed by atoms with Gasteiger partial charge < -0.3 is 15.6 Å². The number of hydrogen-bond donors (Lipinski definition) is 6. The van der Waals surface area contributed by atoms with E-state index in [1.807, 2.05) is 29.8 Å². The zero-order valence-electron chi connectivity index (χ0n) is 19.0. The fourth-order valence-electron chi connectivity index (χ4n) is 3.97. The number of nitrogens with one attached hydrogen (secondary N) is 5. The van der Waals surface area contributed by atoms with Crippen LogP contribution in [0, 0.1) is 16.5 Å². The lowest BCUT2D eigenvalue weighted by Gasteiger charge is -2.13. The average Bonchev–Trinajstić information content (AvgIpc) is 3.34. The summed E-state index contributed by atoms with van der Waals surface area (Å²) in [6.45, 7) is 1.19. The standard InChI is InChI=1S/C24H23ClN6O2.H2N2/c1-31-12-17(16-11-14(25)7-8-19(16)31)20-21(24(33)30-23(20)32)22(27)15-5-2-3-6-18(15)29-10-4-9-28-13-26;1-2/h2-3,5-8,11-13,27,29H,4,9-10H2,1H3,(H2,26,28)(H,30,32,33);1-2H. The van der Waals surface area contributed by atoms with Gasteiger partial charge in [-0.3, -0.25) is 25.3 Å². The molecule has 180 valence electrons. The number of anilines is 1. The Kier molecular flexibility index (Phi) is 8.11. The number of para-hydroxylation sites is 1. The summed E-state index contributed by atoms with van der Waals surface area (Å²) in [5.74, 6) is -1.12. The third-order valence-corrected chi connectivity index (χ3v) is 5.72. The molecule has 11 heteroatoms. The lowest BCUT2D eigenvalue weighted by atomic mass is 9.93. The van der Waals surface area contributed by atoms with E-state index in [4.69, 9.17) is 33.8 Å². The molecule has 2 aromatic carbocycles. The smallest absolute Gasteiger partial charge is 0.261 e. The van der Waals surface area contributed by atoms with E-state index >= 15 is 0 Å². The van der Waals surface area contributed by atoms with Crippen molar-refractivity contribution in [3.05, 3.63) is 70.4 Å². The molecule has 3 aromatic rings. The zero-order valence-corrected chi connectivity index (χ0v) is 19.7. The third-order valence-electron chi connectivity index (χ3n) is 5.48. The number of nitrogens with two attached hydrogens (primary N) is 1. The van der Waals surface area contributed by atoms with Crippen molar-refractivity contribution in [1.29, 1.82) is 16.5 Å². The molecule has 0 unspecified atom stereocenters. The molecule has 7 N–H and O–H groups in total. The van der Waals surface area contributed by atoms with Gasteiger partial charge in [0.05, 0.1) is 23.2 Å². The van der Waals surface area contributed by atoms with E-state index < -0.39 is 11.8 Å². The van der Waals surface area contributed by atoms with Gasteiger partial charge in [-0.05, 0) is 30.7 Å². The van der Waals surface area contributed by atoms with E-state index in [0.717, 1.165) is 17.3 Å². The highest BCUT2D eigenvalue weighted by atomic mass is 35.5. The first-order chi connectivity index (χ1) is 16.9. The van der Waals surface area contributed by atoms with Crippen molar-refractivity contribution >= 4 is 57.6 Å². The minimum absolute atomic E-state index is 0.0320. The Labute approximate surface area is 206 Å². The zero-order chi connectivity index (χ0) is 25.5. The molecule has 0 aliphatic carbocycles. The van der Waals surface area contributed by atoms with E-state index in [2.05, 4.69) is 15.6 Å². The first-order valence-electron chi connectivity index (χ1n) is 10.6. The van der Waals surface area contributed by atoms with Gasteiger partial charge >= 0.3 is 0 Å². The number of carbonyl (C=O) groups excluding carboxylic acids is 2. The van der Waals surface area contributed by atoms with Crippen LogP contribution in [0.3, 0.4) is 0 Å². The van der Waals surface area contributed by atoms with Crippen molar-refractivity contribution in [2.24, 2.45) is 17.8 Å². The second kappa shape index (κ2) is 11.2. The van der Waals surface area contributed by atoms with Gasteiger partial charge in [0.1, 0.15) is 0 Å². The molecule has 0 saturated heterocycles. The predicted octanol–water partition coefficient (Wildman–Crippen LogP) is 3.69. The Morgan fingerprint density at radius 3 is 2.69 bits per heavy atom. The summed E-state index contributed by atoms with van der Waals surface area (Å²) in [4.78, 5) is 29.7. The lowest BCUT2D eigenvalue weighted by molar-refractivity contribution is -0.123. The van der Waals surface area contributed by atoms with Crippen molar-refractivity contribution in [1.82, 2.24) is 9.88 Å². The number of imide groups is 1. The maximum absolute atomic E-state index is 12.9. The van der Waals surface area contributed by atoms with Gasteiger partial charge in [-0.25, -0.2) is 11.1 Å². The maximum Gasteiger partial charge on any atom is 0.261 e. The third kappa shape index (κ3) is 5.12. The van der Waals surface area contributed by atoms with Crippen LogP contribution in [0.5, 0.6) is 0 Å². The summed E-state index contributed by atoms with van der Waals surface area (Å²) in [6.07, 6.45) is 3.80. The molecule has 0 atom stereocenters. The van der Waals surface area contributed by atoms with Gasteiger partial charge in [-0.15, -0.1) is 0 Å². The van der Waals surface area contributed by atoms with Crippen LogP contribution in [0.25, 0.3) is 16.5 Å². The highest BCUT2D eigenvalue weighted by Crippen LogP contribution is 2.35. The summed E-state index contributed by atoms with van der Waals surface area (Å²) in [5, 5.41) is 15.8. The molecule has 1 aliphatic rings. The number of carbonyl (C=O) groups is 2. The number of aryl methyl sites for hydroxylation is 1. The van der Waals surface area contributed by atoms with Gasteiger partial charge in [-0.1, -0.05) is 29.8 Å². The number of benzene rings is 2. The Balaban J connectivity index is 0.00000167. The second-order valence-corrected chi connectivity index (χ2v) is 8.04. The molecule has 4 rings (SSSR count). The highest BCUT2D eigenvalue weighted by Gasteiger charge is 2.36. The topological polar surface area (TPSA) is 173 Å². The molecule has 1 aliphatic heterocycles. The van der Waals surface area contributed by atoms with Crippen LogP contribution < -0.4 is 16.4 Å². The monoisotopic (exact) mass is 492 g/mol. The van der Waals surface area contributed by atoms with Crippen molar-refractivity contribution in [2.45, 2.75) is 6.42 Å². The molecular weight excluding hydrogens is 468 g/mol. The molecule has 35 heavy (non-hydrogen) atoms. The predicted molar refractivity (Wildman–Crippen MR) is 137 cm³/mol. The fourth-order valence-corrected chi connectivity index (χ4v) is 4.14. The van der Waals surface area contributed by atoms with E-state index in [1.165, 1.54) is 6.34 Å². The Morgan fingerprint density at radius 2 is 1.94 bits per heavy atom. The molecule has 0 spiro atoms. The Hall–Kier alpha value is -4.31.